The van der Waals surface area contributed by atoms with E-state index < -0.39 is 23.0 Å². The van der Waals surface area contributed by atoms with E-state index >= 15 is 0 Å². The first-order valence-electron chi connectivity index (χ1n) is 12.7. The number of carbonyl (C=O) groups is 1. The number of carbonyl (C=O) groups excluding carboxylic acids is 1. The average molecular weight is 530 g/mol. The van der Waals surface area contributed by atoms with Gasteiger partial charge in [-0.1, -0.05) is 0 Å². The smallest absolute Gasteiger partial charge is 0.249 e. The number of aliphatic hydroxyl groups is 1. The molecule has 0 saturated carbocycles. The number of nitrogens with zero attached hydrogens (tertiary/aromatic N) is 2. The Morgan fingerprint density at radius 1 is 1.13 bits per heavy atom. The number of nitrogens with one attached hydrogen (secondary N) is 1. The van der Waals surface area contributed by atoms with Gasteiger partial charge in [-0.25, -0.2) is 14.3 Å². The van der Waals surface area contributed by atoms with Crippen LogP contribution in [0.1, 0.15) is 36.8 Å². The zero-order valence-electron chi connectivity index (χ0n) is 21.4. The number of piperidine rings is 1. The first-order chi connectivity index (χ1) is 18.4. The molecular formula is C28H33F2N3O5. The number of likely N-dealkylation sites (tertiary alicyclic amines) is 1. The Morgan fingerprint density at radius 2 is 1.87 bits per heavy atom. The first kappa shape index (κ1) is 27.7. The number of hydrogen-bond acceptors (Lipinski definition) is 7. The SMILES string of the molecule is COc1ccc2ncc(CO)c(CCCC3(C(=O)NO)CCN(CCOc4cc(F)cc(F)c4)CC3)c2c1. The van der Waals surface area contributed by atoms with E-state index in [0.29, 0.717) is 57.5 Å². The average Bonchev–Trinajstić information content (AvgIpc) is 2.92. The molecule has 4 rings (SSSR count). The number of rotatable bonds is 11. The van der Waals surface area contributed by atoms with E-state index in [4.69, 9.17) is 9.47 Å². The Kier molecular flexibility index (Phi) is 9.09. The van der Waals surface area contributed by atoms with Gasteiger partial charge >= 0.3 is 0 Å². The van der Waals surface area contributed by atoms with Gasteiger partial charge in [0.25, 0.3) is 0 Å². The maximum Gasteiger partial charge on any atom is 0.249 e. The van der Waals surface area contributed by atoms with Crippen molar-refractivity contribution in [3.05, 3.63) is 65.4 Å². The molecule has 3 aromatic rings. The Labute approximate surface area is 220 Å². The van der Waals surface area contributed by atoms with Gasteiger partial charge in [0, 0.05) is 36.3 Å². The third kappa shape index (κ3) is 6.38. The highest BCUT2D eigenvalue weighted by molar-refractivity contribution is 5.84. The van der Waals surface area contributed by atoms with Crippen molar-refractivity contribution >= 4 is 16.8 Å². The third-order valence-corrected chi connectivity index (χ3v) is 7.44. The summed E-state index contributed by atoms with van der Waals surface area (Å²) in [7, 11) is 1.60. The summed E-state index contributed by atoms with van der Waals surface area (Å²) in [5.74, 6) is -0.944. The fraction of sp³-hybridized carbons (Fsp3) is 0.429. The van der Waals surface area contributed by atoms with Crippen molar-refractivity contribution in [2.45, 2.75) is 38.7 Å². The zero-order chi connectivity index (χ0) is 27.1. The monoisotopic (exact) mass is 529 g/mol. The molecule has 1 aromatic heterocycles. The van der Waals surface area contributed by atoms with Crippen molar-refractivity contribution in [1.29, 1.82) is 0 Å². The number of ether oxygens (including phenoxy) is 2. The van der Waals surface area contributed by atoms with E-state index in [9.17, 15) is 23.9 Å². The summed E-state index contributed by atoms with van der Waals surface area (Å²) in [6.07, 6.45) is 4.64. The van der Waals surface area contributed by atoms with Gasteiger partial charge in [-0.2, -0.15) is 0 Å². The Bertz CT molecular complexity index is 1240. The lowest BCUT2D eigenvalue weighted by molar-refractivity contribution is -0.143. The van der Waals surface area contributed by atoms with E-state index in [-0.39, 0.29) is 19.0 Å². The maximum absolute atomic E-state index is 13.4. The highest BCUT2D eigenvalue weighted by Crippen LogP contribution is 2.38. The molecule has 1 saturated heterocycles. The fourth-order valence-electron chi connectivity index (χ4n) is 5.25. The summed E-state index contributed by atoms with van der Waals surface area (Å²) in [6, 6.07) is 8.70. The lowest BCUT2D eigenvalue weighted by atomic mass is 9.73. The molecule has 2 heterocycles. The largest absolute Gasteiger partial charge is 0.497 e. The molecule has 0 spiro atoms. The van der Waals surface area contributed by atoms with Crippen LogP contribution in [0.4, 0.5) is 8.78 Å². The summed E-state index contributed by atoms with van der Waals surface area (Å²) >= 11 is 0. The van der Waals surface area contributed by atoms with Gasteiger partial charge in [0.1, 0.15) is 29.7 Å². The number of aliphatic hydroxyl groups excluding tert-OH is 1. The lowest BCUT2D eigenvalue weighted by Gasteiger charge is -2.40. The molecular weight excluding hydrogens is 496 g/mol. The van der Waals surface area contributed by atoms with Crippen LogP contribution in [0.5, 0.6) is 11.5 Å². The predicted molar refractivity (Wildman–Crippen MR) is 137 cm³/mol. The molecule has 0 bridgehead atoms. The molecule has 8 nitrogen and oxygen atoms in total. The number of hydrogen-bond donors (Lipinski definition) is 3. The molecule has 1 amide bonds. The normalized spacial score (nSPS) is 15.4. The highest BCUT2D eigenvalue weighted by Gasteiger charge is 2.40. The number of amides is 1. The van der Waals surface area contributed by atoms with E-state index in [1.165, 1.54) is 0 Å². The van der Waals surface area contributed by atoms with Gasteiger partial charge in [0.05, 0.1) is 24.6 Å². The minimum absolute atomic E-state index is 0.136. The molecule has 1 fully saturated rings. The van der Waals surface area contributed by atoms with Crippen molar-refractivity contribution in [2.75, 3.05) is 33.4 Å². The Morgan fingerprint density at radius 3 is 2.53 bits per heavy atom. The van der Waals surface area contributed by atoms with E-state index in [2.05, 4.69) is 9.88 Å². The second-order valence-electron chi connectivity index (χ2n) is 9.67. The predicted octanol–water partition coefficient (Wildman–Crippen LogP) is 4.00. The summed E-state index contributed by atoms with van der Waals surface area (Å²) in [6.45, 7) is 1.89. The van der Waals surface area contributed by atoms with Gasteiger partial charge in [-0.05, 0) is 74.5 Å². The topological polar surface area (TPSA) is 104 Å². The van der Waals surface area contributed by atoms with Crippen molar-refractivity contribution in [3.63, 3.8) is 0 Å². The standard InChI is InChI=1S/C28H33F2N3O5/c1-37-22-4-5-26-25(16-22)24(19(18-34)17-31-26)3-2-6-28(27(35)32-36)7-9-33(10-8-28)11-12-38-23-14-20(29)13-21(30)15-23/h4-5,13-17,34,36H,2-3,6-12,18H2,1H3,(H,32,35). The van der Waals surface area contributed by atoms with Crippen LogP contribution in [0.2, 0.25) is 0 Å². The number of aromatic nitrogens is 1. The second-order valence-corrected chi connectivity index (χ2v) is 9.67. The number of benzene rings is 2. The van der Waals surface area contributed by atoms with Gasteiger partial charge in [0.2, 0.25) is 5.91 Å². The van der Waals surface area contributed by atoms with Crippen LogP contribution >= 0.6 is 0 Å². The molecule has 0 atom stereocenters. The summed E-state index contributed by atoms with van der Waals surface area (Å²) in [5, 5.41) is 20.3. The van der Waals surface area contributed by atoms with Crippen LogP contribution in [-0.2, 0) is 17.8 Å². The van der Waals surface area contributed by atoms with E-state index in [1.54, 1.807) is 13.3 Å². The van der Waals surface area contributed by atoms with Crippen LogP contribution in [0.25, 0.3) is 10.9 Å². The van der Waals surface area contributed by atoms with Crippen molar-refractivity contribution in [1.82, 2.24) is 15.4 Å². The van der Waals surface area contributed by atoms with Crippen molar-refractivity contribution in [3.8, 4) is 11.5 Å². The van der Waals surface area contributed by atoms with Crippen LogP contribution in [0.15, 0.2) is 42.6 Å². The maximum atomic E-state index is 13.4. The molecule has 0 aliphatic carbocycles. The van der Waals surface area contributed by atoms with Gasteiger partial charge in [0.15, 0.2) is 0 Å². The van der Waals surface area contributed by atoms with Crippen LogP contribution < -0.4 is 15.0 Å². The summed E-state index contributed by atoms with van der Waals surface area (Å²) in [5.41, 5.74) is 3.65. The molecule has 3 N–H and O–H groups in total. The third-order valence-electron chi connectivity index (χ3n) is 7.44. The van der Waals surface area contributed by atoms with Crippen molar-refractivity contribution < 1.29 is 33.4 Å². The molecule has 0 radical (unpaired) electrons. The van der Waals surface area contributed by atoms with Crippen LogP contribution in [-0.4, -0.2) is 59.5 Å². The quantitative estimate of drug-likeness (QED) is 0.255. The minimum Gasteiger partial charge on any atom is -0.497 e. The van der Waals surface area contributed by atoms with Crippen LogP contribution in [0, 0.1) is 17.0 Å². The second kappa shape index (κ2) is 12.5. The number of halogens is 2. The Hall–Kier alpha value is -3.34. The first-order valence-corrected chi connectivity index (χ1v) is 12.7. The molecule has 0 unspecified atom stereocenters. The van der Waals surface area contributed by atoms with Crippen molar-refractivity contribution in [2.24, 2.45) is 5.41 Å². The number of methoxy groups -OCH3 is 1. The fourth-order valence-corrected chi connectivity index (χ4v) is 5.25. The highest BCUT2D eigenvalue weighted by atomic mass is 19.1. The lowest BCUT2D eigenvalue weighted by Crippen LogP contribution is -2.49. The Balaban J connectivity index is 1.37. The van der Waals surface area contributed by atoms with E-state index in [1.807, 2.05) is 23.7 Å². The molecule has 1 aliphatic rings. The molecule has 2 aromatic carbocycles. The molecule has 1 aliphatic heterocycles. The van der Waals surface area contributed by atoms with Gasteiger partial charge < -0.3 is 14.6 Å². The number of fused-ring (bicyclic) bond motifs is 1. The zero-order valence-corrected chi connectivity index (χ0v) is 21.4. The number of hydroxylamine groups is 1. The van der Waals surface area contributed by atoms with Crippen LogP contribution in [0.3, 0.4) is 0 Å². The number of aryl methyl sites for hydroxylation is 1. The summed E-state index contributed by atoms with van der Waals surface area (Å²) in [4.78, 5) is 19.3. The van der Waals surface area contributed by atoms with Gasteiger partial charge in [-0.3, -0.25) is 19.9 Å². The number of pyridine rings is 1. The summed E-state index contributed by atoms with van der Waals surface area (Å²) < 4.78 is 37.6. The minimum atomic E-state index is -0.725. The van der Waals surface area contributed by atoms with E-state index in [0.717, 1.165) is 40.2 Å². The molecule has 38 heavy (non-hydrogen) atoms. The molecule has 10 heteroatoms. The molecule has 204 valence electrons. The van der Waals surface area contributed by atoms with Gasteiger partial charge in [-0.15, -0.1) is 0 Å².